The molecule has 0 saturated heterocycles. The van der Waals surface area contributed by atoms with Crippen molar-refractivity contribution in [3.05, 3.63) is 238 Å². The van der Waals surface area contributed by atoms with Gasteiger partial charge in [-0.3, -0.25) is 32.5 Å². The molecule has 7 aromatic rings. The quantitative estimate of drug-likeness (QED) is 0.0208. The Labute approximate surface area is 442 Å². The van der Waals surface area contributed by atoms with E-state index in [1.54, 1.807) is 48.5 Å². The molecule has 1 heterocycles. The molecule has 9 rings (SSSR count). The lowest BCUT2D eigenvalue weighted by molar-refractivity contribution is 0.279. The average molecular weight is 1010 g/mol. The SMILES string of the molecule is N=C(N)c1ccc(-c2ccc(-c3ccc(C(=N)N)cc3)o2)cc1.N=C(N)c1ccc(C2=CC=C(C3=CC=C(c4ccc(C(=N)N)cc4)C3)C2)cc1.N=C(N)c1ccc(OCCCCCOc2ccc(C(=N)N)cc2)cc1. The lowest BCUT2D eigenvalue weighted by atomic mass is 9.95. The molecule has 2 aliphatic rings. The Morgan fingerprint density at radius 1 is 0.316 bits per heavy atom. The van der Waals surface area contributed by atoms with E-state index in [2.05, 4.69) is 24.3 Å². The zero-order valence-electron chi connectivity index (χ0n) is 42.0. The average Bonchev–Trinajstić information content (AvgIpc) is 4.25. The summed E-state index contributed by atoms with van der Waals surface area (Å²) in [4.78, 5) is 0. The predicted octanol–water partition coefficient (Wildman–Crippen LogP) is 10.4. The highest BCUT2D eigenvalue weighted by Crippen LogP contribution is 2.39. The van der Waals surface area contributed by atoms with Crippen LogP contribution in [-0.4, -0.2) is 48.2 Å². The van der Waals surface area contributed by atoms with E-state index >= 15 is 0 Å². The monoisotopic (exact) mass is 1010 g/mol. The smallest absolute Gasteiger partial charge is 0.134 e. The fourth-order valence-electron chi connectivity index (χ4n) is 8.11. The molecule has 18 N–H and O–H groups in total. The molecule has 0 saturated carbocycles. The molecular weight excluding hydrogens is 949 g/mol. The Kier molecular flexibility index (Phi) is 18.1. The number of nitrogens with two attached hydrogens (primary N) is 6. The molecule has 76 heavy (non-hydrogen) atoms. The molecule has 15 nitrogen and oxygen atoms in total. The van der Waals surface area contributed by atoms with Crippen molar-refractivity contribution in [2.75, 3.05) is 13.2 Å². The minimum absolute atomic E-state index is 0.0437. The van der Waals surface area contributed by atoms with E-state index < -0.39 is 0 Å². The van der Waals surface area contributed by atoms with Crippen LogP contribution in [0.15, 0.2) is 198 Å². The van der Waals surface area contributed by atoms with Crippen LogP contribution in [-0.2, 0) is 0 Å². The molecule has 0 amide bonds. The Bertz CT molecular complexity index is 3130. The van der Waals surface area contributed by atoms with Crippen molar-refractivity contribution < 1.29 is 13.9 Å². The molecule has 384 valence electrons. The first kappa shape index (κ1) is 53.8. The number of hydrogen-bond acceptors (Lipinski definition) is 9. The highest BCUT2D eigenvalue weighted by atomic mass is 16.5. The van der Waals surface area contributed by atoms with Crippen LogP contribution in [0.3, 0.4) is 0 Å². The van der Waals surface area contributed by atoms with Crippen LogP contribution in [0.25, 0.3) is 33.8 Å². The van der Waals surface area contributed by atoms with Crippen LogP contribution in [0.1, 0.15) is 76.6 Å². The molecule has 0 unspecified atom stereocenters. The number of benzene rings is 6. The van der Waals surface area contributed by atoms with Gasteiger partial charge in [0, 0.05) is 44.5 Å². The summed E-state index contributed by atoms with van der Waals surface area (Å²) >= 11 is 0. The molecule has 0 atom stereocenters. The van der Waals surface area contributed by atoms with Crippen LogP contribution < -0.4 is 43.9 Å². The number of ether oxygens (including phenoxy) is 2. The minimum atomic E-state index is 0.0437. The van der Waals surface area contributed by atoms with Gasteiger partial charge in [0.2, 0.25) is 0 Å². The van der Waals surface area contributed by atoms with Gasteiger partial charge in [-0.1, -0.05) is 121 Å². The van der Waals surface area contributed by atoms with Gasteiger partial charge in [0.15, 0.2) is 0 Å². The molecule has 2 aliphatic carbocycles. The first-order valence-electron chi connectivity index (χ1n) is 24.5. The van der Waals surface area contributed by atoms with Crippen molar-refractivity contribution in [2.24, 2.45) is 34.4 Å². The second-order valence-electron chi connectivity index (χ2n) is 17.9. The first-order chi connectivity index (χ1) is 36.6. The van der Waals surface area contributed by atoms with Crippen LogP contribution in [0, 0.1) is 32.5 Å². The fraction of sp³-hybridized carbons (Fsp3) is 0.115. The first-order valence-corrected chi connectivity index (χ1v) is 24.5. The van der Waals surface area contributed by atoms with Crippen molar-refractivity contribution in [3.63, 3.8) is 0 Å². The Morgan fingerprint density at radius 3 is 0.842 bits per heavy atom. The summed E-state index contributed by atoms with van der Waals surface area (Å²) in [6.07, 6.45) is 13.5. The maximum absolute atomic E-state index is 7.51. The third kappa shape index (κ3) is 14.8. The summed E-state index contributed by atoms with van der Waals surface area (Å²) in [5, 5.41) is 44.5. The number of hydrogen-bond donors (Lipinski definition) is 12. The lowest BCUT2D eigenvalue weighted by Crippen LogP contribution is -2.10. The lowest BCUT2D eigenvalue weighted by Gasteiger charge is -2.10. The van der Waals surface area contributed by atoms with E-state index in [0.29, 0.717) is 35.5 Å². The zero-order chi connectivity index (χ0) is 54.1. The molecule has 0 bridgehead atoms. The molecule has 15 heteroatoms. The van der Waals surface area contributed by atoms with Crippen LogP contribution in [0.4, 0.5) is 0 Å². The molecule has 1 aromatic heterocycles. The maximum Gasteiger partial charge on any atom is 0.134 e. The second kappa shape index (κ2) is 25.6. The number of unbranched alkanes of at least 4 members (excludes halogenated alkanes) is 2. The highest BCUT2D eigenvalue weighted by molar-refractivity contribution is 5.98. The summed E-state index contributed by atoms with van der Waals surface area (Å²) in [6, 6.07) is 48.6. The van der Waals surface area contributed by atoms with Crippen molar-refractivity contribution in [2.45, 2.75) is 32.1 Å². The molecule has 0 aliphatic heterocycles. The molecule has 0 radical (unpaired) electrons. The highest BCUT2D eigenvalue weighted by Gasteiger charge is 2.19. The Balaban J connectivity index is 0.000000167. The fourth-order valence-corrected chi connectivity index (χ4v) is 8.11. The zero-order valence-corrected chi connectivity index (χ0v) is 42.0. The van der Waals surface area contributed by atoms with Gasteiger partial charge in [-0.2, -0.15) is 0 Å². The number of nitrogens with one attached hydrogen (secondary N) is 6. The van der Waals surface area contributed by atoms with Crippen LogP contribution in [0.2, 0.25) is 0 Å². The van der Waals surface area contributed by atoms with Crippen molar-refractivity contribution >= 4 is 46.2 Å². The van der Waals surface area contributed by atoms with Crippen LogP contribution in [0.5, 0.6) is 11.5 Å². The third-order valence-electron chi connectivity index (χ3n) is 12.5. The minimum Gasteiger partial charge on any atom is -0.494 e. The number of nitrogen functional groups attached to an aromatic ring is 6. The van der Waals surface area contributed by atoms with E-state index in [4.69, 9.17) is 80.7 Å². The third-order valence-corrected chi connectivity index (χ3v) is 12.5. The Hall–Kier alpha value is -10.0. The largest absolute Gasteiger partial charge is 0.494 e. The van der Waals surface area contributed by atoms with Gasteiger partial charge >= 0.3 is 0 Å². The number of furan rings is 1. The van der Waals surface area contributed by atoms with Crippen LogP contribution >= 0.6 is 0 Å². The summed E-state index contributed by atoms with van der Waals surface area (Å²) in [5.74, 6) is 3.44. The molecule has 6 aromatic carbocycles. The van der Waals surface area contributed by atoms with Gasteiger partial charge in [-0.25, -0.2) is 0 Å². The van der Waals surface area contributed by atoms with Crippen molar-refractivity contribution in [1.29, 1.82) is 32.5 Å². The summed E-state index contributed by atoms with van der Waals surface area (Å²) in [5.41, 5.74) is 46.5. The summed E-state index contributed by atoms with van der Waals surface area (Å²) in [6.45, 7) is 1.29. The van der Waals surface area contributed by atoms with Gasteiger partial charge in [-0.15, -0.1) is 0 Å². The van der Waals surface area contributed by atoms with Gasteiger partial charge < -0.3 is 48.3 Å². The Morgan fingerprint density at radius 2 is 0.566 bits per heavy atom. The van der Waals surface area contributed by atoms with Gasteiger partial charge in [0.1, 0.15) is 58.0 Å². The summed E-state index contributed by atoms with van der Waals surface area (Å²) in [7, 11) is 0. The van der Waals surface area contributed by atoms with Gasteiger partial charge in [0.05, 0.1) is 13.2 Å². The number of allylic oxidation sites excluding steroid dienone is 8. The molecular formula is C61H62N12O3. The van der Waals surface area contributed by atoms with Crippen molar-refractivity contribution in [1.82, 2.24) is 0 Å². The molecule has 0 fully saturated rings. The number of amidine groups is 6. The summed E-state index contributed by atoms with van der Waals surface area (Å²) < 4.78 is 17.2. The van der Waals surface area contributed by atoms with Gasteiger partial charge in [-0.05, 0) is 126 Å². The second-order valence-corrected chi connectivity index (χ2v) is 17.9. The van der Waals surface area contributed by atoms with E-state index in [0.717, 1.165) is 77.4 Å². The topological polar surface area (TPSA) is 331 Å². The number of rotatable bonds is 19. The predicted molar refractivity (Wildman–Crippen MR) is 308 cm³/mol. The van der Waals surface area contributed by atoms with Crippen molar-refractivity contribution in [3.8, 4) is 34.1 Å². The normalized spacial score (nSPS) is 12.3. The standard InChI is InChI=1S/C24H22N4.C19H24N4O2.C18H16N4O/c25-23(26)17-5-1-15(2-6-17)19-9-11-21(13-19)22-12-10-20(14-22)16-3-7-18(8-4-16)24(27)28;20-18(21)14-4-8-16(9-5-14)24-12-2-1-3-13-25-17-10-6-15(7-11-17)19(22)23;19-17(20)13-5-1-11(2-6-13)15-9-10-16(23-15)12-3-7-14(8-4-12)18(21)22/h1-12H,13-14H2,(H3,25,26)(H3,27,28);4-11H,1-3,12-13H2,(H3,20,21)(H3,22,23);1-10H,(H3,19,20)(H3,21,22). The maximum atomic E-state index is 7.51. The van der Waals surface area contributed by atoms with Gasteiger partial charge in [0.25, 0.3) is 0 Å². The van der Waals surface area contributed by atoms with E-state index in [9.17, 15) is 0 Å². The molecule has 0 spiro atoms. The van der Waals surface area contributed by atoms with E-state index in [1.807, 2.05) is 109 Å². The van der Waals surface area contributed by atoms with E-state index in [-0.39, 0.29) is 35.0 Å². The van der Waals surface area contributed by atoms with E-state index in [1.165, 1.54) is 33.4 Å².